The van der Waals surface area contributed by atoms with Crippen LogP contribution < -0.4 is 15.4 Å². The van der Waals surface area contributed by atoms with Crippen LogP contribution in [0.15, 0.2) is 43.0 Å². The van der Waals surface area contributed by atoms with E-state index in [9.17, 15) is 4.79 Å². The van der Waals surface area contributed by atoms with Crippen LogP contribution in [0.25, 0.3) is 0 Å². The van der Waals surface area contributed by atoms with E-state index in [0.717, 1.165) is 17.7 Å². The van der Waals surface area contributed by atoms with E-state index in [1.165, 1.54) is 0 Å². The highest BCUT2D eigenvalue weighted by atomic mass is 16.5. The van der Waals surface area contributed by atoms with Gasteiger partial charge in [-0.05, 0) is 13.0 Å². The number of carbonyl (C=O) groups is 1. The fraction of sp³-hybridized carbons (Fsp3) is 0.375. The van der Waals surface area contributed by atoms with Gasteiger partial charge in [-0.15, -0.1) is 0 Å². The monoisotopic (exact) mass is 300 g/mol. The molecule has 2 amide bonds. The Bertz CT molecular complexity index is 627. The largest absolute Gasteiger partial charge is 0.493 e. The Morgan fingerprint density at radius 2 is 2.36 bits per heavy atom. The van der Waals surface area contributed by atoms with Crippen LogP contribution in [0.2, 0.25) is 0 Å². The smallest absolute Gasteiger partial charge is 0.315 e. The molecule has 0 radical (unpaired) electrons. The average molecular weight is 300 g/mol. The number of para-hydroxylation sites is 1. The first-order chi connectivity index (χ1) is 10.7. The molecule has 0 spiro atoms. The van der Waals surface area contributed by atoms with Crippen molar-refractivity contribution < 1.29 is 9.53 Å². The van der Waals surface area contributed by atoms with E-state index in [2.05, 4.69) is 15.6 Å². The Balaban J connectivity index is 1.56. The van der Waals surface area contributed by atoms with Gasteiger partial charge in [0, 0.05) is 37.0 Å². The number of fused-ring (bicyclic) bond motifs is 1. The molecule has 116 valence electrons. The van der Waals surface area contributed by atoms with Crippen molar-refractivity contribution >= 4 is 6.03 Å². The lowest BCUT2D eigenvalue weighted by Crippen LogP contribution is -2.44. The van der Waals surface area contributed by atoms with E-state index < -0.39 is 0 Å². The lowest BCUT2D eigenvalue weighted by Gasteiger charge is -2.27. The van der Waals surface area contributed by atoms with Crippen LogP contribution >= 0.6 is 0 Å². The van der Waals surface area contributed by atoms with Crippen LogP contribution in [-0.2, 0) is 6.54 Å². The predicted octanol–water partition coefficient (Wildman–Crippen LogP) is 2.09. The molecule has 2 heterocycles. The number of urea groups is 1. The van der Waals surface area contributed by atoms with Gasteiger partial charge in [0.1, 0.15) is 5.75 Å². The van der Waals surface area contributed by atoms with Gasteiger partial charge in [0.2, 0.25) is 0 Å². The van der Waals surface area contributed by atoms with Crippen molar-refractivity contribution in [3.8, 4) is 5.75 Å². The fourth-order valence-electron chi connectivity index (χ4n) is 2.67. The van der Waals surface area contributed by atoms with Gasteiger partial charge < -0.3 is 19.9 Å². The molecule has 0 aliphatic carbocycles. The number of carbonyl (C=O) groups excluding carboxylic acids is 1. The van der Waals surface area contributed by atoms with Crippen molar-refractivity contribution in [1.29, 1.82) is 0 Å². The summed E-state index contributed by atoms with van der Waals surface area (Å²) in [6, 6.07) is 7.68. The van der Waals surface area contributed by atoms with Crippen LogP contribution in [0.5, 0.6) is 5.75 Å². The molecule has 1 aromatic heterocycles. The summed E-state index contributed by atoms with van der Waals surface area (Å²) < 4.78 is 7.54. The van der Waals surface area contributed by atoms with Crippen molar-refractivity contribution in [3.05, 3.63) is 48.5 Å². The minimum absolute atomic E-state index is 0.00889. The first-order valence-corrected chi connectivity index (χ1v) is 7.47. The SMILES string of the molecule is C[C@@H](Cn1ccnc1)NC(=O)N[C@@H]1CCOc2ccccc21. The number of ether oxygens (including phenoxy) is 1. The summed E-state index contributed by atoms with van der Waals surface area (Å²) in [5.41, 5.74) is 1.03. The molecule has 0 unspecified atom stereocenters. The van der Waals surface area contributed by atoms with Crippen LogP contribution in [0.4, 0.5) is 4.79 Å². The average Bonchev–Trinajstić information content (AvgIpc) is 3.00. The van der Waals surface area contributed by atoms with E-state index in [1.54, 1.807) is 12.5 Å². The minimum Gasteiger partial charge on any atom is -0.493 e. The first-order valence-electron chi connectivity index (χ1n) is 7.47. The second kappa shape index (κ2) is 6.51. The third kappa shape index (κ3) is 3.39. The molecule has 0 saturated carbocycles. The molecule has 0 saturated heterocycles. The number of hydrogen-bond donors (Lipinski definition) is 2. The predicted molar refractivity (Wildman–Crippen MR) is 82.7 cm³/mol. The number of hydrogen-bond acceptors (Lipinski definition) is 3. The van der Waals surface area contributed by atoms with Crippen molar-refractivity contribution in [2.24, 2.45) is 0 Å². The molecule has 3 rings (SSSR count). The molecule has 2 N–H and O–H groups in total. The van der Waals surface area contributed by atoms with E-state index in [4.69, 9.17) is 4.74 Å². The molecule has 1 aliphatic heterocycles. The fourth-order valence-corrected chi connectivity index (χ4v) is 2.67. The highest BCUT2D eigenvalue weighted by Gasteiger charge is 2.22. The first kappa shape index (κ1) is 14.4. The molecule has 1 aromatic carbocycles. The zero-order valence-electron chi connectivity index (χ0n) is 12.5. The standard InChI is InChI=1S/C16H20N4O2/c1-12(10-20-8-7-17-11-20)18-16(21)19-14-6-9-22-15-5-3-2-4-13(14)15/h2-5,7-8,11-12,14H,6,9-10H2,1H3,(H2,18,19,21)/t12-,14+/m0/s1. The Labute approximate surface area is 129 Å². The molecule has 2 atom stereocenters. The maximum absolute atomic E-state index is 12.2. The third-order valence-electron chi connectivity index (χ3n) is 3.69. The van der Waals surface area contributed by atoms with Gasteiger partial charge in [-0.25, -0.2) is 9.78 Å². The summed E-state index contributed by atoms with van der Waals surface area (Å²) in [6.07, 6.45) is 6.13. The molecular formula is C16H20N4O2. The van der Waals surface area contributed by atoms with Crippen molar-refractivity contribution in [2.45, 2.75) is 32.0 Å². The Morgan fingerprint density at radius 3 is 3.18 bits per heavy atom. The molecule has 6 nitrogen and oxygen atoms in total. The number of nitrogens with one attached hydrogen (secondary N) is 2. The van der Waals surface area contributed by atoms with Crippen LogP contribution in [0.1, 0.15) is 24.9 Å². The third-order valence-corrected chi connectivity index (χ3v) is 3.69. The lowest BCUT2D eigenvalue weighted by molar-refractivity contribution is 0.220. The van der Waals surface area contributed by atoms with Gasteiger partial charge >= 0.3 is 6.03 Å². The molecular weight excluding hydrogens is 280 g/mol. The highest BCUT2D eigenvalue weighted by Crippen LogP contribution is 2.31. The number of aromatic nitrogens is 2. The van der Waals surface area contributed by atoms with Crippen LogP contribution in [0, 0.1) is 0 Å². The van der Waals surface area contributed by atoms with E-state index >= 15 is 0 Å². The number of amides is 2. The second-order valence-corrected chi connectivity index (χ2v) is 5.51. The van der Waals surface area contributed by atoms with Crippen molar-refractivity contribution in [3.63, 3.8) is 0 Å². The summed E-state index contributed by atoms with van der Waals surface area (Å²) in [4.78, 5) is 16.2. The number of rotatable bonds is 4. The maximum Gasteiger partial charge on any atom is 0.315 e. The summed E-state index contributed by atoms with van der Waals surface area (Å²) >= 11 is 0. The van der Waals surface area contributed by atoms with E-state index in [1.807, 2.05) is 42.0 Å². The summed E-state index contributed by atoms with van der Waals surface area (Å²) in [6.45, 7) is 3.28. The van der Waals surface area contributed by atoms with Crippen molar-refractivity contribution in [2.75, 3.05) is 6.61 Å². The number of benzene rings is 1. The van der Waals surface area contributed by atoms with E-state index in [-0.39, 0.29) is 18.1 Å². The van der Waals surface area contributed by atoms with Crippen molar-refractivity contribution in [1.82, 2.24) is 20.2 Å². The van der Waals surface area contributed by atoms with Gasteiger partial charge in [0.25, 0.3) is 0 Å². The van der Waals surface area contributed by atoms with E-state index in [0.29, 0.717) is 13.2 Å². The number of nitrogens with zero attached hydrogens (tertiary/aromatic N) is 2. The quantitative estimate of drug-likeness (QED) is 0.908. The molecule has 0 fully saturated rings. The van der Waals surface area contributed by atoms with Gasteiger partial charge in [-0.3, -0.25) is 0 Å². The second-order valence-electron chi connectivity index (χ2n) is 5.51. The molecule has 2 aromatic rings. The Morgan fingerprint density at radius 1 is 1.50 bits per heavy atom. The maximum atomic E-state index is 12.2. The van der Waals surface area contributed by atoms with Crippen LogP contribution in [-0.4, -0.2) is 28.2 Å². The molecule has 6 heteroatoms. The summed E-state index contributed by atoms with van der Waals surface area (Å²) in [5.74, 6) is 0.852. The summed E-state index contributed by atoms with van der Waals surface area (Å²) in [5, 5.41) is 5.99. The zero-order chi connectivity index (χ0) is 15.4. The Hall–Kier alpha value is -2.50. The molecule has 0 bridgehead atoms. The van der Waals surface area contributed by atoms with Gasteiger partial charge in [-0.1, -0.05) is 18.2 Å². The van der Waals surface area contributed by atoms with Crippen LogP contribution in [0.3, 0.4) is 0 Å². The minimum atomic E-state index is -0.158. The normalized spacial score (nSPS) is 18.0. The van der Waals surface area contributed by atoms with Gasteiger partial charge in [0.15, 0.2) is 0 Å². The number of imidazole rings is 1. The van der Waals surface area contributed by atoms with Gasteiger partial charge in [-0.2, -0.15) is 0 Å². The highest BCUT2D eigenvalue weighted by molar-refractivity contribution is 5.75. The van der Waals surface area contributed by atoms with Gasteiger partial charge in [0.05, 0.1) is 19.0 Å². The topological polar surface area (TPSA) is 68.2 Å². The lowest BCUT2D eigenvalue weighted by atomic mass is 10.0. The zero-order valence-corrected chi connectivity index (χ0v) is 12.5. The Kier molecular flexibility index (Phi) is 4.27. The molecule has 22 heavy (non-hydrogen) atoms. The summed E-state index contributed by atoms with van der Waals surface area (Å²) in [7, 11) is 0. The molecule has 1 aliphatic rings.